The van der Waals surface area contributed by atoms with Crippen LogP contribution in [0.5, 0.6) is 0 Å². The van der Waals surface area contributed by atoms with Gasteiger partial charge in [0.05, 0.1) is 16.0 Å². The number of rotatable bonds is 4. The van der Waals surface area contributed by atoms with E-state index in [-0.39, 0.29) is 10.6 Å². The molecule has 4 saturated carbocycles. The number of nitro groups is 1. The molecular formula is C17H23N2O2+. The van der Waals surface area contributed by atoms with Crippen molar-refractivity contribution >= 4 is 5.69 Å². The van der Waals surface area contributed by atoms with E-state index in [0.717, 1.165) is 29.9 Å². The molecule has 0 radical (unpaired) electrons. The molecule has 0 aromatic heterocycles. The SMILES string of the molecule is O=[N+]([O-])c1ccccc1C[NH2+]C12CC3CC(CC(C3)C1)C2. The van der Waals surface area contributed by atoms with Gasteiger partial charge in [-0.05, 0) is 43.1 Å². The Labute approximate surface area is 125 Å². The molecule has 4 aliphatic rings. The third kappa shape index (κ3) is 2.35. The Kier molecular flexibility index (Phi) is 3.03. The Hall–Kier alpha value is -1.42. The van der Waals surface area contributed by atoms with Crippen LogP contribution in [-0.2, 0) is 6.54 Å². The van der Waals surface area contributed by atoms with E-state index in [9.17, 15) is 10.1 Å². The van der Waals surface area contributed by atoms with Crippen LogP contribution in [0.25, 0.3) is 0 Å². The van der Waals surface area contributed by atoms with E-state index in [1.165, 1.54) is 38.5 Å². The second kappa shape index (κ2) is 4.80. The standard InChI is InChI=1S/C17H22N2O2/c20-19(21)16-4-2-1-3-15(16)11-18-17-8-12-5-13(9-17)7-14(6-12)10-17/h1-4,12-14,18H,5-11H2/p+1. The van der Waals surface area contributed by atoms with Crippen LogP contribution in [0.3, 0.4) is 0 Å². The zero-order valence-electron chi connectivity index (χ0n) is 12.3. The largest absolute Gasteiger partial charge is 0.337 e. The Morgan fingerprint density at radius 1 is 1.10 bits per heavy atom. The molecule has 0 unspecified atom stereocenters. The average molecular weight is 287 g/mol. The quantitative estimate of drug-likeness (QED) is 0.683. The Balaban J connectivity index is 1.51. The van der Waals surface area contributed by atoms with Gasteiger partial charge in [0, 0.05) is 25.3 Å². The second-order valence-electron chi connectivity index (χ2n) is 7.57. The molecule has 4 heteroatoms. The van der Waals surface area contributed by atoms with Crippen molar-refractivity contribution in [3.8, 4) is 0 Å². The first kappa shape index (κ1) is 13.3. The molecule has 0 amide bonds. The van der Waals surface area contributed by atoms with Crippen LogP contribution in [0, 0.1) is 27.9 Å². The molecule has 0 heterocycles. The molecule has 4 fully saturated rings. The maximum Gasteiger partial charge on any atom is 0.278 e. The molecule has 1 aromatic rings. The lowest BCUT2D eigenvalue weighted by atomic mass is 9.53. The van der Waals surface area contributed by atoms with Crippen LogP contribution in [0.2, 0.25) is 0 Å². The molecule has 2 N–H and O–H groups in total. The highest BCUT2D eigenvalue weighted by Crippen LogP contribution is 2.54. The van der Waals surface area contributed by atoms with E-state index < -0.39 is 0 Å². The minimum absolute atomic E-state index is 0.247. The fourth-order valence-corrected chi connectivity index (χ4v) is 5.62. The molecule has 0 saturated heterocycles. The summed E-state index contributed by atoms with van der Waals surface area (Å²) in [4.78, 5) is 10.9. The number of nitro benzene ring substituents is 1. The van der Waals surface area contributed by atoms with Crippen LogP contribution in [0.15, 0.2) is 24.3 Å². The minimum atomic E-state index is -0.247. The predicted octanol–water partition coefficient (Wildman–Crippen LogP) is 2.63. The van der Waals surface area contributed by atoms with Crippen molar-refractivity contribution in [2.24, 2.45) is 17.8 Å². The third-order valence-electron chi connectivity index (χ3n) is 6.03. The highest BCUT2D eigenvalue weighted by molar-refractivity contribution is 5.39. The Morgan fingerprint density at radius 3 is 2.24 bits per heavy atom. The molecule has 1 aromatic carbocycles. The van der Waals surface area contributed by atoms with Gasteiger partial charge in [-0.1, -0.05) is 12.1 Å². The monoisotopic (exact) mass is 287 g/mol. The average Bonchev–Trinajstić information content (AvgIpc) is 2.44. The molecule has 4 aliphatic carbocycles. The smallest absolute Gasteiger partial charge is 0.278 e. The van der Waals surface area contributed by atoms with Crippen LogP contribution in [0.1, 0.15) is 44.1 Å². The molecule has 5 rings (SSSR count). The predicted molar refractivity (Wildman–Crippen MR) is 79.6 cm³/mol. The Bertz CT molecular complexity index is 534. The molecule has 0 atom stereocenters. The third-order valence-corrected chi connectivity index (χ3v) is 6.03. The summed E-state index contributed by atoms with van der Waals surface area (Å²) in [6.45, 7) is 0.753. The van der Waals surface area contributed by atoms with Gasteiger partial charge in [-0.15, -0.1) is 0 Å². The van der Waals surface area contributed by atoms with Crippen molar-refractivity contribution in [3.63, 3.8) is 0 Å². The summed E-state index contributed by atoms with van der Waals surface area (Å²) in [7, 11) is 0. The molecule has 4 bridgehead atoms. The summed E-state index contributed by atoms with van der Waals surface area (Å²) in [5, 5.41) is 13.6. The Morgan fingerprint density at radius 2 is 1.67 bits per heavy atom. The van der Waals surface area contributed by atoms with Crippen molar-refractivity contribution < 1.29 is 10.2 Å². The van der Waals surface area contributed by atoms with Gasteiger partial charge in [0.25, 0.3) is 5.69 Å². The number of hydrogen-bond donors (Lipinski definition) is 1. The second-order valence-corrected chi connectivity index (χ2v) is 7.57. The normalized spacial score (nSPS) is 36.9. The lowest BCUT2D eigenvalue weighted by Gasteiger charge is -2.54. The summed E-state index contributed by atoms with van der Waals surface area (Å²) in [6.07, 6.45) is 8.33. The number of hydrogen-bond acceptors (Lipinski definition) is 2. The van der Waals surface area contributed by atoms with E-state index in [1.54, 1.807) is 12.1 Å². The van der Waals surface area contributed by atoms with Crippen molar-refractivity contribution in [3.05, 3.63) is 39.9 Å². The molecular weight excluding hydrogens is 264 g/mol. The van der Waals surface area contributed by atoms with E-state index in [2.05, 4.69) is 5.32 Å². The van der Waals surface area contributed by atoms with Crippen molar-refractivity contribution in [1.29, 1.82) is 0 Å². The topological polar surface area (TPSA) is 59.8 Å². The zero-order valence-corrected chi connectivity index (χ0v) is 12.3. The lowest BCUT2D eigenvalue weighted by Crippen LogP contribution is -2.97. The van der Waals surface area contributed by atoms with Gasteiger partial charge in [-0.2, -0.15) is 0 Å². The lowest BCUT2D eigenvalue weighted by molar-refractivity contribution is -0.752. The van der Waals surface area contributed by atoms with E-state index >= 15 is 0 Å². The van der Waals surface area contributed by atoms with Crippen LogP contribution >= 0.6 is 0 Å². The van der Waals surface area contributed by atoms with Crippen molar-refractivity contribution in [1.82, 2.24) is 0 Å². The van der Waals surface area contributed by atoms with Crippen LogP contribution in [0.4, 0.5) is 5.69 Å². The summed E-state index contributed by atoms with van der Waals surface area (Å²) in [6, 6.07) is 7.21. The van der Waals surface area contributed by atoms with Crippen LogP contribution in [-0.4, -0.2) is 10.5 Å². The molecule has 112 valence electrons. The summed E-state index contributed by atoms with van der Waals surface area (Å²) in [5.74, 6) is 2.79. The molecule has 4 nitrogen and oxygen atoms in total. The first-order valence-corrected chi connectivity index (χ1v) is 8.20. The van der Waals surface area contributed by atoms with Gasteiger partial charge in [0.1, 0.15) is 6.54 Å². The van der Waals surface area contributed by atoms with Gasteiger partial charge >= 0.3 is 0 Å². The van der Waals surface area contributed by atoms with Gasteiger partial charge in [-0.25, -0.2) is 0 Å². The maximum absolute atomic E-state index is 11.1. The van der Waals surface area contributed by atoms with Gasteiger partial charge in [0.2, 0.25) is 0 Å². The number of benzene rings is 1. The molecule has 0 aliphatic heterocycles. The van der Waals surface area contributed by atoms with Gasteiger partial charge in [-0.3, -0.25) is 10.1 Å². The first-order chi connectivity index (χ1) is 10.1. The molecule has 21 heavy (non-hydrogen) atoms. The first-order valence-electron chi connectivity index (χ1n) is 8.20. The fourth-order valence-electron chi connectivity index (χ4n) is 5.62. The zero-order chi connectivity index (χ0) is 14.4. The number of nitrogens with zero attached hydrogens (tertiary/aromatic N) is 1. The van der Waals surface area contributed by atoms with E-state index in [4.69, 9.17) is 0 Å². The van der Waals surface area contributed by atoms with E-state index in [0.29, 0.717) is 5.54 Å². The minimum Gasteiger partial charge on any atom is -0.337 e. The van der Waals surface area contributed by atoms with Crippen molar-refractivity contribution in [2.45, 2.75) is 50.6 Å². The van der Waals surface area contributed by atoms with Gasteiger partial charge in [0.15, 0.2) is 0 Å². The highest BCUT2D eigenvalue weighted by atomic mass is 16.6. The summed E-state index contributed by atoms with van der Waals surface area (Å²) in [5.41, 5.74) is 1.54. The summed E-state index contributed by atoms with van der Waals surface area (Å²) >= 11 is 0. The van der Waals surface area contributed by atoms with Crippen molar-refractivity contribution in [2.75, 3.05) is 0 Å². The maximum atomic E-state index is 11.1. The van der Waals surface area contributed by atoms with E-state index in [1.807, 2.05) is 12.1 Å². The summed E-state index contributed by atoms with van der Waals surface area (Å²) < 4.78 is 0. The number of nitrogens with two attached hydrogens (primary N) is 1. The molecule has 0 spiro atoms. The fraction of sp³-hybridized carbons (Fsp3) is 0.647. The highest BCUT2D eigenvalue weighted by Gasteiger charge is 2.53. The number of para-hydroxylation sites is 1. The van der Waals surface area contributed by atoms with Gasteiger partial charge < -0.3 is 5.32 Å². The number of quaternary nitrogens is 1. The van der Waals surface area contributed by atoms with Crippen LogP contribution < -0.4 is 5.32 Å².